The molecule has 1 aromatic heterocycles. The molecule has 0 bridgehead atoms. The summed E-state index contributed by atoms with van der Waals surface area (Å²) in [6, 6.07) is 27.4. The van der Waals surface area contributed by atoms with Gasteiger partial charge in [-0.1, -0.05) is 82.7 Å². The van der Waals surface area contributed by atoms with Crippen molar-refractivity contribution in [1.29, 1.82) is 0 Å². The Bertz CT molecular complexity index is 1220. The summed E-state index contributed by atoms with van der Waals surface area (Å²) in [6.45, 7) is 0. The van der Waals surface area contributed by atoms with Crippen molar-refractivity contribution in [1.82, 2.24) is 0 Å². The predicted molar refractivity (Wildman–Crippen MR) is 127 cm³/mol. The van der Waals surface area contributed by atoms with Gasteiger partial charge in [0.25, 0.3) is 5.70 Å². The number of hydrogen-bond donors (Lipinski definition) is 2. The van der Waals surface area contributed by atoms with E-state index < -0.39 is 0 Å². The van der Waals surface area contributed by atoms with Crippen LogP contribution < -0.4 is 9.88 Å². The molecule has 0 spiro atoms. The molecule has 4 aromatic rings. The van der Waals surface area contributed by atoms with Gasteiger partial charge >= 0.3 is 0 Å². The molecular formula is C24H18BrN2OS+. The minimum absolute atomic E-state index is 0.0893. The summed E-state index contributed by atoms with van der Waals surface area (Å²) in [5.41, 5.74) is 2.06. The van der Waals surface area contributed by atoms with E-state index in [0.717, 1.165) is 20.9 Å². The standard InChI is InChI=1S/C24H17BrN2OS/c25-20-13-5-4-12-19(20)23(28)22(27-15-6-1-7-16-27)24(29)26-21-14-8-10-17-9-2-3-11-18(17)21/h1-16H,(H-,26,28,29)/p+1. The lowest BCUT2D eigenvalue weighted by atomic mass is 10.1. The third-order valence-electron chi connectivity index (χ3n) is 4.58. The van der Waals surface area contributed by atoms with E-state index in [1.54, 1.807) is 0 Å². The Labute approximate surface area is 183 Å². The monoisotopic (exact) mass is 461 g/mol. The molecule has 0 fully saturated rings. The molecule has 3 aromatic carbocycles. The fourth-order valence-electron chi connectivity index (χ4n) is 3.19. The molecular weight excluding hydrogens is 444 g/mol. The zero-order valence-corrected chi connectivity index (χ0v) is 17.8. The number of halogens is 1. The van der Waals surface area contributed by atoms with E-state index in [2.05, 4.69) is 33.4 Å². The summed E-state index contributed by atoms with van der Waals surface area (Å²) in [4.78, 5) is 0.422. The largest absolute Gasteiger partial charge is 0.502 e. The van der Waals surface area contributed by atoms with Crippen LogP contribution in [0, 0.1) is 0 Å². The van der Waals surface area contributed by atoms with Crippen LogP contribution in [0.3, 0.4) is 0 Å². The number of anilines is 1. The molecule has 1 heterocycles. The van der Waals surface area contributed by atoms with Gasteiger partial charge in [-0.05, 0) is 23.6 Å². The lowest BCUT2D eigenvalue weighted by molar-refractivity contribution is -0.575. The molecule has 0 aliphatic carbocycles. The van der Waals surface area contributed by atoms with Crippen molar-refractivity contribution in [2.75, 3.05) is 5.32 Å². The number of hydrogen-bond acceptors (Lipinski definition) is 2. The van der Waals surface area contributed by atoms with Crippen molar-refractivity contribution in [3.05, 3.63) is 107 Å². The Morgan fingerprint density at radius 2 is 1.52 bits per heavy atom. The van der Waals surface area contributed by atoms with Gasteiger partial charge in [-0.3, -0.25) is 0 Å². The first-order valence-electron chi connectivity index (χ1n) is 9.09. The predicted octanol–water partition coefficient (Wildman–Crippen LogP) is 6.21. The van der Waals surface area contributed by atoms with Gasteiger partial charge < -0.3 is 10.4 Å². The first kappa shape index (κ1) is 19.3. The highest BCUT2D eigenvalue weighted by Crippen LogP contribution is 2.27. The Balaban J connectivity index is 1.83. The van der Waals surface area contributed by atoms with E-state index in [4.69, 9.17) is 12.2 Å². The van der Waals surface area contributed by atoms with E-state index >= 15 is 0 Å². The fraction of sp³-hybridized carbons (Fsp3) is 0. The second-order valence-corrected chi connectivity index (χ2v) is 7.70. The molecule has 142 valence electrons. The average molecular weight is 462 g/mol. The Morgan fingerprint density at radius 1 is 0.828 bits per heavy atom. The van der Waals surface area contributed by atoms with Crippen LogP contribution in [0.5, 0.6) is 0 Å². The van der Waals surface area contributed by atoms with E-state index in [0.29, 0.717) is 16.2 Å². The molecule has 0 aliphatic rings. The van der Waals surface area contributed by atoms with Gasteiger partial charge in [-0.15, -0.1) is 0 Å². The number of aliphatic hydroxyl groups excluding tert-OH is 1. The van der Waals surface area contributed by atoms with E-state index in [1.807, 2.05) is 89.8 Å². The fourth-order valence-corrected chi connectivity index (χ4v) is 3.98. The smallest absolute Gasteiger partial charge is 0.288 e. The number of benzene rings is 3. The number of pyridine rings is 1. The van der Waals surface area contributed by atoms with Gasteiger partial charge in [0, 0.05) is 33.2 Å². The molecule has 29 heavy (non-hydrogen) atoms. The first-order valence-corrected chi connectivity index (χ1v) is 10.3. The second kappa shape index (κ2) is 8.55. The molecule has 5 heteroatoms. The minimum atomic E-state index is 0.0893. The van der Waals surface area contributed by atoms with Crippen LogP contribution >= 0.6 is 28.1 Å². The highest BCUT2D eigenvalue weighted by atomic mass is 79.9. The van der Waals surface area contributed by atoms with Crippen molar-refractivity contribution in [3.63, 3.8) is 0 Å². The highest BCUT2D eigenvalue weighted by Gasteiger charge is 2.25. The molecule has 0 saturated heterocycles. The summed E-state index contributed by atoms with van der Waals surface area (Å²) in [5.74, 6) is 0.0893. The van der Waals surface area contributed by atoms with Crippen LogP contribution in [-0.4, -0.2) is 10.1 Å². The molecule has 0 unspecified atom stereocenters. The number of aromatic nitrogens is 1. The molecule has 2 N–H and O–H groups in total. The zero-order valence-electron chi connectivity index (χ0n) is 15.4. The normalized spacial score (nSPS) is 11.8. The Kier molecular flexibility index (Phi) is 5.69. The number of nitrogens with one attached hydrogen (secondary N) is 1. The van der Waals surface area contributed by atoms with Crippen molar-refractivity contribution >= 4 is 61.1 Å². The van der Waals surface area contributed by atoms with Gasteiger partial charge in [0.05, 0.1) is 0 Å². The molecule has 3 nitrogen and oxygen atoms in total. The summed E-state index contributed by atoms with van der Waals surface area (Å²) in [7, 11) is 0. The van der Waals surface area contributed by atoms with Crippen molar-refractivity contribution in [2.24, 2.45) is 0 Å². The Hall–Kier alpha value is -3.02. The molecule has 0 radical (unpaired) electrons. The van der Waals surface area contributed by atoms with E-state index in [9.17, 15) is 5.11 Å². The second-order valence-electron chi connectivity index (χ2n) is 6.44. The first-order chi connectivity index (χ1) is 14.1. The van der Waals surface area contributed by atoms with Crippen molar-refractivity contribution < 1.29 is 9.67 Å². The van der Waals surface area contributed by atoms with Crippen LogP contribution in [0.4, 0.5) is 5.69 Å². The van der Waals surface area contributed by atoms with Crippen LogP contribution in [-0.2, 0) is 0 Å². The quantitative estimate of drug-likeness (QED) is 0.164. The number of thiocarbonyl (C=S) groups is 1. The minimum Gasteiger partial charge on any atom is -0.502 e. The molecule has 0 aliphatic heterocycles. The zero-order chi connectivity index (χ0) is 20.2. The van der Waals surface area contributed by atoms with Gasteiger partial charge in [0.2, 0.25) is 0 Å². The van der Waals surface area contributed by atoms with Crippen LogP contribution in [0.2, 0.25) is 0 Å². The van der Waals surface area contributed by atoms with Gasteiger partial charge in [-0.2, -0.15) is 4.57 Å². The van der Waals surface area contributed by atoms with E-state index in [-0.39, 0.29) is 5.76 Å². The number of aliphatic hydroxyl groups is 1. The molecule has 4 rings (SSSR count). The van der Waals surface area contributed by atoms with Gasteiger partial charge in [0.1, 0.15) is 0 Å². The highest BCUT2D eigenvalue weighted by molar-refractivity contribution is 9.10. The maximum Gasteiger partial charge on any atom is 0.288 e. The topological polar surface area (TPSA) is 36.1 Å². The summed E-state index contributed by atoms with van der Waals surface area (Å²) in [5, 5.41) is 16.7. The SMILES string of the molecule is O/C(=C(\C(=S)Nc1cccc2ccccc12)[n+]1ccccc1)c1ccccc1Br. The Morgan fingerprint density at radius 3 is 2.31 bits per heavy atom. The van der Waals surface area contributed by atoms with Crippen molar-refractivity contribution in [2.45, 2.75) is 0 Å². The summed E-state index contributed by atoms with van der Waals surface area (Å²) in [6.07, 6.45) is 3.72. The van der Waals surface area contributed by atoms with Crippen molar-refractivity contribution in [3.8, 4) is 0 Å². The maximum absolute atomic E-state index is 11.2. The van der Waals surface area contributed by atoms with E-state index in [1.165, 1.54) is 0 Å². The lowest BCUT2D eigenvalue weighted by Gasteiger charge is -2.12. The number of rotatable bonds is 4. The third kappa shape index (κ3) is 4.06. The van der Waals surface area contributed by atoms with Crippen LogP contribution in [0.1, 0.15) is 5.56 Å². The van der Waals surface area contributed by atoms with Crippen LogP contribution in [0.25, 0.3) is 22.2 Å². The third-order valence-corrected chi connectivity index (χ3v) is 5.57. The average Bonchev–Trinajstić information content (AvgIpc) is 2.75. The van der Waals surface area contributed by atoms with Crippen LogP contribution in [0.15, 0.2) is 102 Å². The lowest BCUT2D eigenvalue weighted by Crippen LogP contribution is -2.38. The molecule has 0 atom stereocenters. The summed E-state index contributed by atoms with van der Waals surface area (Å²) < 4.78 is 2.61. The number of fused-ring (bicyclic) bond motifs is 1. The van der Waals surface area contributed by atoms with Gasteiger partial charge in [-0.25, -0.2) is 0 Å². The number of nitrogens with zero attached hydrogens (tertiary/aromatic N) is 1. The molecule has 0 amide bonds. The maximum atomic E-state index is 11.2. The summed E-state index contributed by atoms with van der Waals surface area (Å²) >= 11 is 9.28. The van der Waals surface area contributed by atoms with Gasteiger partial charge in [0.15, 0.2) is 23.1 Å². The molecule has 0 saturated carbocycles.